The van der Waals surface area contributed by atoms with Crippen LogP contribution in [0.15, 0.2) is 22.7 Å². The zero-order valence-electron chi connectivity index (χ0n) is 9.63. The predicted molar refractivity (Wildman–Crippen MR) is 69.5 cm³/mol. The highest BCUT2D eigenvalue weighted by molar-refractivity contribution is 9.10. The minimum atomic E-state index is -0.515. The molecule has 0 aromatic heterocycles. The second-order valence-electron chi connectivity index (χ2n) is 4.56. The van der Waals surface area contributed by atoms with Crippen LogP contribution < -0.4 is 5.32 Å². The Balaban J connectivity index is 2.01. The number of benzene rings is 1. The molecule has 94 valence electrons. The maximum Gasteiger partial charge on any atom is 0.126 e. The fraction of sp³-hybridized carbons (Fsp3) is 0.538. The molecule has 1 aliphatic heterocycles. The molecule has 1 aromatic rings. The number of hydrogen-bond donors (Lipinski definition) is 2. The highest BCUT2D eigenvalue weighted by Crippen LogP contribution is 2.19. The molecule has 1 aromatic carbocycles. The molecule has 2 N–H and O–H groups in total. The van der Waals surface area contributed by atoms with Crippen molar-refractivity contribution in [3.8, 4) is 0 Å². The number of aliphatic hydroxyl groups excluding tert-OH is 1. The van der Waals surface area contributed by atoms with Crippen molar-refractivity contribution in [3.05, 3.63) is 34.1 Å². The first kappa shape index (κ1) is 13.0. The van der Waals surface area contributed by atoms with Gasteiger partial charge >= 0.3 is 0 Å². The molecule has 1 saturated heterocycles. The minimum Gasteiger partial charge on any atom is -0.391 e. The van der Waals surface area contributed by atoms with E-state index in [4.69, 9.17) is 0 Å². The summed E-state index contributed by atoms with van der Waals surface area (Å²) in [6.45, 7) is 0.947. The monoisotopic (exact) mass is 301 g/mol. The molecule has 4 heteroatoms. The first-order chi connectivity index (χ1) is 8.16. The van der Waals surface area contributed by atoms with Gasteiger partial charge in [-0.15, -0.1) is 0 Å². The summed E-state index contributed by atoms with van der Waals surface area (Å²) in [5.74, 6) is -0.247. The van der Waals surface area contributed by atoms with E-state index in [9.17, 15) is 9.50 Å². The maximum atomic E-state index is 13.5. The predicted octanol–water partition coefficient (Wildman–Crippen LogP) is 2.63. The average molecular weight is 302 g/mol. The van der Waals surface area contributed by atoms with Gasteiger partial charge in [-0.3, -0.25) is 0 Å². The van der Waals surface area contributed by atoms with Gasteiger partial charge in [0.05, 0.1) is 6.10 Å². The molecule has 2 atom stereocenters. The van der Waals surface area contributed by atoms with Crippen LogP contribution in [0.4, 0.5) is 4.39 Å². The van der Waals surface area contributed by atoms with Crippen molar-refractivity contribution in [2.24, 2.45) is 0 Å². The molecule has 1 aliphatic rings. The number of hydrogen-bond acceptors (Lipinski definition) is 2. The molecule has 17 heavy (non-hydrogen) atoms. The van der Waals surface area contributed by atoms with E-state index in [1.54, 1.807) is 12.1 Å². The summed E-state index contributed by atoms with van der Waals surface area (Å²) in [4.78, 5) is 0. The number of nitrogens with one attached hydrogen (secondary N) is 1. The van der Waals surface area contributed by atoms with Crippen LogP contribution in [0.2, 0.25) is 0 Å². The van der Waals surface area contributed by atoms with Crippen molar-refractivity contribution < 1.29 is 9.50 Å². The molecule has 0 spiro atoms. The minimum absolute atomic E-state index is 0.0992. The van der Waals surface area contributed by atoms with Gasteiger partial charge in [-0.1, -0.05) is 22.4 Å². The molecule has 0 radical (unpaired) electrons. The van der Waals surface area contributed by atoms with Crippen molar-refractivity contribution >= 4 is 15.9 Å². The summed E-state index contributed by atoms with van der Waals surface area (Å²) in [5.41, 5.74) is 0.569. The second kappa shape index (κ2) is 5.94. The lowest BCUT2D eigenvalue weighted by molar-refractivity contribution is 0.112. The Morgan fingerprint density at radius 3 is 3.00 bits per heavy atom. The highest BCUT2D eigenvalue weighted by atomic mass is 79.9. The van der Waals surface area contributed by atoms with Gasteiger partial charge in [0.1, 0.15) is 5.82 Å². The molecule has 2 unspecified atom stereocenters. The van der Waals surface area contributed by atoms with Gasteiger partial charge in [0.2, 0.25) is 0 Å². The third-order valence-corrected chi connectivity index (χ3v) is 3.74. The van der Waals surface area contributed by atoms with E-state index in [1.165, 1.54) is 6.07 Å². The van der Waals surface area contributed by atoms with Crippen LogP contribution >= 0.6 is 15.9 Å². The second-order valence-corrected chi connectivity index (χ2v) is 5.48. The van der Waals surface area contributed by atoms with Gasteiger partial charge in [0.15, 0.2) is 0 Å². The zero-order valence-corrected chi connectivity index (χ0v) is 11.2. The lowest BCUT2D eigenvalue weighted by Gasteiger charge is -2.28. The third kappa shape index (κ3) is 3.50. The Bertz CT molecular complexity index is 380. The van der Waals surface area contributed by atoms with E-state index in [2.05, 4.69) is 21.2 Å². The SMILES string of the molecule is OC(Cc1cc(Br)ccc1F)C1CCCCN1. The van der Waals surface area contributed by atoms with Crippen LogP contribution in [0.5, 0.6) is 0 Å². The largest absolute Gasteiger partial charge is 0.391 e. The number of halogens is 2. The van der Waals surface area contributed by atoms with Gasteiger partial charge in [-0.05, 0) is 43.1 Å². The maximum absolute atomic E-state index is 13.5. The summed E-state index contributed by atoms with van der Waals surface area (Å²) in [7, 11) is 0. The molecule has 2 nitrogen and oxygen atoms in total. The first-order valence-electron chi connectivity index (χ1n) is 6.02. The van der Waals surface area contributed by atoms with Crippen LogP contribution in [-0.2, 0) is 6.42 Å². The molecular formula is C13H17BrFNO. The third-order valence-electron chi connectivity index (χ3n) is 3.25. The lowest BCUT2D eigenvalue weighted by Crippen LogP contribution is -2.44. The van der Waals surface area contributed by atoms with E-state index >= 15 is 0 Å². The zero-order chi connectivity index (χ0) is 12.3. The molecule has 0 amide bonds. The standard InChI is InChI=1S/C13H17BrFNO/c14-10-4-5-11(15)9(7-10)8-13(17)12-3-1-2-6-16-12/h4-5,7,12-13,16-17H,1-3,6,8H2. The van der Waals surface area contributed by atoms with Crippen LogP contribution in [0.25, 0.3) is 0 Å². The average Bonchev–Trinajstić information content (AvgIpc) is 2.35. The van der Waals surface area contributed by atoms with E-state index in [0.717, 1.165) is 30.3 Å². The Labute approximate surface area is 109 Å². The normalized spacial score (nSPS) is 22.4. The lowest BCUT2D eigenvalue weighted by atomic mass is 9.95. The summed E-state index contributed by atoms with van der Waals surface area (Å²) >= 11 is 3.32. The van der Waals surface area contributed by atoms with E-state index in [-0.39, 0.29) is 11.9 Å². The fourth-order valence-corrected chi connectivity index (χ4v) is 2.68. The van der Waals surface area contributed by atoms with Gasteiger partial charge < -0.3 is 10.4 Å². The Morgan fingerprint density at radius 2 is 2.29 bits per heavy atom. The Kier molecular flexibility index (Phi) is 4.54. The molecule has 0 saturated carbocycles. The van der Waals surface area contributed by atoms with E-state index in [1.807, 2.05) is 0 Å². The van der Waals surface area contributed by atoms with Crippen LogP contribution in [-0.4, -0.2) is 23.8 Å². The molecule has 0 bridgehead atoms. The Hall–Kier alpha value is -0.450. The molecule has 0 aliphatic carbocycles. The van der Waals surface area contributed by atoms with Gasteiger partial charge in [-0.25, -0.2) is 4.39 Å². The molecule has 1 fully saturated rings. The van der Waals surface area contributed by atoms with Crippen LogP contribution in [0, 0.1) is 5.82 Å². The highest BCUT2D eigenvalue weighted by Gasteiger charge is 2.22. The van der Waals surface area contributed by atoms with Gasteiger partial charge in [0, 0.05) is 16.9 Å². The molecule has 1 heterocycles. The fourth-order valence-electron chi connectivity index (χ4n) is 2.27. The van der Waals surface area contributed by atoms with E-state index in [0.29, 0.717) is 12.0 Å². The molecular weight excluding hydrogens is 285 g/mol. The smallest absolute Gasteiger partial charge is 0.126 e. The summed E-state index contributed by atoms with van der Waals surface area (Å²) in [5, 5.41) is 13.4. The first-order valence-corrected chi connectivity index (χ1v) is 6.81. The van der Waals surface area contributed by atoms with E-state index < -0.39 is 6.10 Å². The van der Waals surface area contributed by atoms with Gasteiger partial charge in [0.25, 0.3) is 0 Å². The van der Waals surface area contributed by atoms with Crippen molar-refractivity contribution in [3.63, 3.8) is 0 Å². The van der Waals surface area contributed by atoms with Crippen LogP contribution in [0.3, 0.4) is 0 Å². The molecule has 2 rings (SSSR count). The number of rotatable bonds is 3. The Morgan fingerprint density at radius 1 is 1.47 bits per heavy atom. The topological polar surface area (TPSA) is 32.3 Å². The van der Waals surface area contributed by atoms with Crippen molar-refractivity contribution in [2.75, 3.05) is 6.54 Å². The van der Waals surface area contributed by atoms with Crippen molar-refractivity contribution in [1.82, 2.24) is 5.32 Å². The summed E-state index contributed by atoms with van der Waals surface area (Å²) in [6.07, 6.45) is 3.11. The number of aliphatic hydroxyl groups is 1. The van der Waals surface area contributed by atoms with Crippen LogP contribution in [0.1, 0.15) is 24.8 Å². The van der Waals surface area contributed by atoms with Crippen molar-refractivity contribution in [2.45, 2.75) is 37.8 Å². The summed E-state index contributed by atoms with van der Waals surface area (Å²) < 4.78 is 14.4. The van der Waals surface area contributed by atoms with Crippen molar-refractivity contribution in [1.29, 1.82) is 0 Å². The number of piperidine rings is 1. The van der Waals surface area contributed by atoms with Gasteiger partial charge in [-0.2, -0.15) is 0 Å². The summed E-state index contributed by atoms with van der Waals surface area (Å²) in [6, 6.07) is 4.94. The quantitative estimate of drug-likeness (QED) is 0.899.